The summed E-state index contributed by atoms with van der Waals surface area (Å²) in [5, 5.41) is 2.68. The summed E-state index contributed by atoms with van der Waals surface area (Å²) in [5.41, 5.74) is 1.60. The van der Waals surface area contributed by atoms with Gasteiger partial charge < -0.3 is 10.1 Å². The van der Waals surface area contributed by atoms with Crippen LogP contribution in [-0.4, -0.2) is 25.0 Å². The average Bonchev–Trinajstić information content (AvgIpc) is 2.57. The van der Waals surface area contributed by atoms with Crippen LogP contribution in [0.1, 0.15) is 11.1 Å². The molecule has 0 saturated heterocycles. The lowest BCUT2D eigenvalue weighted by Gasteiger charge is -2.17. The molecule has 0 aliphatic rings. The summed E-state index contributed by atoms with van der Waals surface area (Å²) < 4.78 is 18.8. The van der Waals surface area contributed by atoms with Gasteiger partial charge in [-0.25, -0.2) is 9.18 Å². The molecule has 2 aromatic rings. The molecule has 4 nitrogen and oxygen atoms in total. The smallest absolute Gasteiger partial charge is 0.328 e. The molecule has 0 saturated carbocycles. The van der Waals surface area contributed by atoms with Crippen molar-refractivity contribution in [1.82, 2.24) is 5.32 Å². The van der Waals surface area contributed by atoms with E-state index in [0.29, 0.717) is 12.0 Å². The van der Waals surface area contributed by atoms with Crippen LogP contribution in [0.3, 0.4) is 0 Å². The number of amides is 1. The number of nitrogens with one attached hydrogen (secondary N) is 1. The number of halogens is 2. The Bertz CT molecular complexity index is 701. The molecule has 0 spiro atoms. The molecular weight excluding hydrogens is 424 g/mol. The molecule has 0 aliphatic carbocycles. The summed E-state index contributed by atoms with van der Waals surface area (Å²) in [6.07, 6.45) is 0.416. The molecule has 1 N–H and O–H groups in total. The van der Waals surface area contributed by atoms with Gasteiger partial charge >= 0.3 is 5.97 Å². The number of carbonyl (C=O) groups excluding carboxylic acids is 2. The second-order valence-corrected chi connectivity index (χ2v) is 6.52. The van der Waals surface area contributed by atoms with Crippen molar-refractivity contribution in [2.45, 2.75) is 18.9 Å². The van der Waals surface area contributed by atoms with E-state index in [1.807, 2.05) is 24.3 Å². The maximum atomic E-state index is 12.9. The Labute approximate surface area is 153 Å². The maximum absolute atomic E-state index is 12.9. The first kappa shape index (κ1) is 18.4. The van der Waals surface area contributed by atoms with Crippen LogP contribution in [0.25, 0.3) is 0 Å². The highest BCUT2D eigenvalue weighted by Gasteiger charge is 2.22. The predicted octanol–water partition coefficient (Wildman–Crippen LogP) is 2.87. The van der Waals surface area contributed by atoms with Crippen molar-refractivity contribution in [2.75, 3.05) is 7.11 Å². The zero-order valence-corrected chi connectivity index (χ0v) is 15.2. The summed E-state index contributed by atoms with van der Waals surface area (Å²) >= 11 is 2.20. The van der Waals surface area contributed by atoms with Crippen LogP contribution in [0, 0.1) is 9.39 Å². The van der Waals surface area contributed by atoms with Crippen molar-refractivity contribution < 1.29 is 18.7 Å². The van der Waals surface area contributed by atoms with Gasteiger partial charge in [0.15, 0.2) is 0 Å². The summed E-state index contributed by atoms with van der Waals surface area (Å²) in [7, 11) is 1.29. The van der Waals surface area contributed by atoms with Crippen LogP contribution >= 0.6 is 22.6 Å². The fourth-order valence-corrected chi connectivity index (χ4v) is 2.58. The fourth-order valence-electron chi connectivity index (χ4n) is 2.22. The number of methoxy groups -OCH3 is 1. The van der Waals surface area contributed by atoms with E-state index < -0.39 is 12.0 Å². The van der Waals surface area contributed by atoms with E-state index in [0.717, 1.165) is 9.13 Å². The SMILES string of the molecule is COC(=O)[C@H](Cc1ccc(I)cc1)NC(=O)Cc1ccc(F)cc1. The van der Waals surface area contributed by atoms with Gasteiger partial charge in [0.2, 0.25) is 5.91 Å². The summed E-state index contributed by atoms with van der Waals surface area (Å²) in [6, 6.07) is 12.6. The maximum Gasteiger partial charge on any atom is 0.328 e. The number of hydrogen-bond acceptors (Lipinski definition) is 3. The third-order valence-electron chi connectivity index (χ3n) is 3.45. The van der Waals surface area contributed by atoms with Crippen LogP contribution in [0.5, 0.6) is 0 Å². The predicted molar refractivity (Wildman–Crippen MR) is 96.9 cm³/mol. The zero-order valence-electron chi connectivity index (χ0n) is 13.1. The number of benzene rings is 2. The molecule has 0 bridgehead atoms. The molecule has 0 fully saturated rings. The number of esters is 1. The zero-order chi connectivity index (χ0) is 17.5. The molecule has 1 amide bonds. The Morgan fingerprint density at radius 2 is 1.67 bits per heavy atom. The van der Waals surface area contributed by atoms with Crippen molar-refractivity contribution >= 4 is 34.5 Å². The third-order valence-corrected chi connectivity index (χ3v) is 4.17. The average molecular weight is 441 g/mol. The Kier molecular flexibility index (Phi) is 6.72. The van der Waals surface area contributed by atoms with Gasteiger partial charge in [-0.3, -0.25) is 4.79 Å². The first-order valence-corrected chi connectivity index (χ1v) is 8.42. The van der Waals surface area contributed by atoms with Gasteiger partial charge in [-0.15, -0.1) is 0 Å². The molecule has 6 heteroatoms. The van der Waals surface area contributed by atoms with Gasteiger partial charge in [0.1, 0.15) is 11.9 Å². The minimum Gasteiger partial charge on any atom is -0.467 e. The first-order valence-electron chi connectivity index (χ1n) is 7.34. The minimum atomic E-state index is -0.761. The largest absolute Gasteiger partial charge is 0.467 e. The molecular formula is C18H17FINO3. The van der Waals surface area contributed by atoms with E-state index in [1.54, 1.807) is 12.1 Å². The number of hydrogen-bond donors (Lipinski definition) is 1. The van der Waals surface area contributed by atoms with E-state index in [4.69, 9.17) is 4.74 Å². The Morgan fingerprint density at radius 1 is 1.08 bits per heavy atom. The van der Waals surface area contributed by atoms with E-state index in [9.17, 15) is 14.0 Å². The van der Waals surface area contributed by atoms with Gasteiger partial charge in [0, 0.05) is 9.99 Å². The Balaban J connectivity index is 2.02. The van der Waals surface area contributed by atoms with Crippen molar-refractivity contribution in [1.29, 1.82) is 0 Å². The Hall–Kier alpha value is -1.96. The number of carbonyl (C=O) groups is 2. The molecule has 2 aromatic carbocycles. The van der Waals surface area contributed by atoms with Crippen LogP contribution in [-0.2, 0) is 27.2 Å². The molecule has 126 valence electrons. The van der Waals surface area contributed by atoms with Gasteiger partial charge in [-0.2, -0.15) is 0 Å². The summed E-state index contributed by atoms with van der Waals surface area (Å²) in [6.45, 7) is 0. The van der Waals surface area contributed by atoms with Gasteiger partial charge in [-0.05, 0) is 58.0 Å². The highest BCUT2D eigenvalue weighted by molar-refractivity contribution is 14.1. The Morgan fingerprint density at radius 3 is 2.25 bits per heavy atom. The molecule has 0 heterocycles. The molecule has 0 unspecified atom stereocenters. The first-order chi connectivity index (χ1) is 11.5. The van der Waals surface area contributed by atoms with Crippen molar-refractivity contribution in [2.24, 2.45) is 0 Å². The highest BCUT2D eigenvalue weighted by atomic mass is 127. The standard InChI is InChI=1S/C18H17FINO3/c1-24-18(23)16(10-12-4-8-15(20)9-5-12)21-17(22)11-13-2-6-14(19)7-3-13/h2-9,16H,10-11H2,1H3,(H,21,22)/t16-/m0/s1. The second kappa shape index (κ2) is 8.77. The van der Waals surface area contributed by atoms with Crippen LogP contribution in [0.2, 0.25) is 0 Å². The minimum absolute atomic E-state index is 0.0699. The van der Waals surface area contributed by atoms with Crippen LogP contribution < -0.4 is 5.32 Å². The summed E-state index contributed by atoms with van der Waals surface area (Å²) in [5.74, 6) is -1.17. The second-order valence-electron chi connectivity index (χ2n) is 5.28. The van der Waals surface area contributed by atoms with Gasteiger partial charge in [0.25, 0.3) is 0 Å². The lowest BCUT2D eigenvalue weighted by atomic mass is 10.1. The van der Waals surface area contributed by atoms with E-state index >= 15 is 0 Å². The molecule has 0 radical (unpaired) electrons. The number of ether oxygens (including phenoxy) is 1. The molecule has 24 heavy (non-hydrogen) atoms. The lowest BCUT2D eigenvalue weighted by Crippen LogP contribution is -2.43. The van der Waals surface area contributed by atoms with Crippen molar-refractivity contribution in [3.05, 3.63) is 69.0 Å². The van der Waals surface area contributed by atoms with E-state index in [2.05, 4.69) is 27.9 Å². The van der Waals surface area contributed by atoms with Crippen molar-refractivity contribution in [3.63, 3.8) is 0 Å². The quantitative estimate of drug-likeness (QED) is 0.554. The van der Waals surface area contributed by atoms with Crippen LogP contribution in [0.15, 0.2) is 48.5 Å². The normalized spacial score (nSPS) is 11.6. The van der Waals surface area contributed by atoms with Crippen LogP contribution in [0.4, 0.5) is 4.39 Å². The van der Waals surface area contributed by atoms with Gasteiger partial charge in [-0.1, -0.05) is 24.3 Å². The summed E-state index contributed by atoms with van der Waals surface area (Å²) in [4.78, 5) is 24.1. The fraction of sp³-hybridized carbons (Fsp3) is 0.222. The monoisotopic (exact) mass is 441 g/mol. The highest BCUT2D eigenvalue weighted by Crippen LogP contribution is 2.10. The number of rotatable bonds is 6. The van der Waals surface area contributed by atoms with Crippen molar-refractivity contribution in [3.8, 4) is 0 Å². The molecule has 0 aromatic heterocycles. The molecule has 2 rings (SSSR count). The van der Waals surface area contributed by atoms with Gasteiger partial charge in [0.05, 0.1) is 13.5 Å². The molecule has 1 atom stereocenters. The molecule has 0 aliphatic heterocycles. The van der Waals surface area contributed by atoms with E-state index in [-0.39, 0.29) is 18.1 Å². The lowest BCUT2D eigenvalue weighted by molar-refractivity contribution is -0.145. The topological polar surface area (TPSA) is 55.4 Å². The third kappa shape index (κ3) is 5.59. The van der Waals surface area contributed by atoms with E-state index in [1.165, 1.54) is 19.2 Å².